The van der Waals surface area contributed by atoms with Crippen LogP contribution < -0.4 is 4.74 Å². The largest absolute Gasteiger partial charge is 0.421 e. The Balaban J connectivity index is 1.68. The Kier molecular flexibility index (Phi) is 4.88. The molecule has 0 fully saturated rings. The SMILES string of the molecule is CCCCCn1cc(C(=O)Oc2cncc3ccccc23)c2ccccc21. The van der Waals surface area contributed by atoms with Gasteiger partial charge in [-0.15, -0.1) is 0 Å². The fourth-order valence-corrected chi connectivity index (χ4v) is 3.45. The van der Waals surface area contributed by atoms with Crippen molar-refractivity contribution in [2.45, 2.75) is 32.7 Å². The van der Waals surface area contributed by atoms with E-state index < -0.39 is 0 Å². The molecule has 0 radical (unpaired) electrons. The predicted octanol–water partition coefficient (Wildman–Crippen LogP) is 5.60. The lowest BCUT2D eigenvalue weighted by Crippen LogP contribution is -2.08. The van der Waals surface area contributed by atoms with Crippen molar-refractivity contribution < 1.29 is 9.53 Å². The van der Waals surface area contributed by atoms with Gasteiger partial charge >= 0.3 is 5.97 Å². The molecule has 0 unspecified atom stereocenters. The molecule has 136 valence electrons. The van der Waals surface area contributed by atoms with Crippen LogP contribution in [0.2, 0.25) is 0 Å². The minimum absolute atomic E-state index is 0.349. The van der Waals surface area contributed by atoms with E-state index in [1.54, 1.807) is 12.4 Å². The van der Waals surface area contributed by atoms with Crippen LogP contribution in [0, 0.1) is 0 Å². The topological polar surface area (TPSA) is 44.1 Å². The zero-order valence-corrected chi connectivity index (χ0v) is 15.4. The standard InChI is InChI=1S/C23H22N2O2/c1-2-3-8-13-25-16-20(19-11-6-7-12-21(19)25)23(26)27-22-15-24-14-17-9-4-5-10-18(17)22/h4-7,9-12,14-16H,2-3,8,13H2,1H3. The number of carbonyl (C=O) groups excluding carboxylic acids is 1. The van der Waals surface area contributed by atoms with Crippen LogP contribution in [0.1, 0.15) is 36.5 Å². The molecule has 0 saturated carbocycles. The first-order valence-corrected chi connectivity index (χ1v) is 9.40. The maximum Gasteiger partial charge on any atom is 0.345 e. The Morgan fingerprint density at radius 3 is 2.63 bits per heavy atom. The molecule has 2 aromatic carbocycles. The quantitative estimate of drug-likeness (QED) is 0.333. The second kappa shape index (κ2) is 7.62. The van der Waals surface area contributed by atoms with Gasteiger partial charge in [0.2, 0.25) is 0 Å². The summed E-state index contributed by atoms with van der Waals surface area (Å²) >= 11 is 0. The van der Waals surface area contributed by atoms with Crippen molar-refractivity contribution in [2.24, 2.45) is 0 Å². The van der Waals surface area contributed by atoms with Crippen LogP contribution in [-0.2, 0) is 6.54 Å². The van der Waals surface area contributed by atoms with E-state index in [1.807, 2.05) is 48.7 Å². The molecule has 0 saturated heterocycles. The van der Waals surface area contributed by atoms with Crippen molar-refractivity contribution in [3.8, 4) is 5.75 Å². The highest BCUT2D eigenvalue weighted by Gasteiger charge is 2.18. The van der Waals surface area contributed by atoms with Gasteiger partial charge in [-0.1, -0.05) is 62.2 Å². The maximum atomic E-state index is 13.0. The Morgan fingerprint density at radius 2 is 1.78 bits per heavy atom. The summed E-state index contributed by atoms with van der Waals surface area (Å²) in [7, 11) is 0. The van der Waals surface area contributed by atoms with E-state index in [0.717, 1.165) is 34.6 Å². The average Bonchev–Trinajstić information content (AvgIpc) is 3.08. The molecular weight excluding hydrogens is 336 g/mol. The lowest BCUT2D eigenvalue weighted by Gasteiger charge is -2.06. The number of aryl methyl sites for hydroxylation is 1. The number of hydrogen-bond acceptors (Lipinski definition) is 3. The van der Waals surface area contributed by atoms with Crippen molar-refractivity contribution in [2.75, 3.05) is 0 Å². The molecule has 4 heteroatoms. The van der Waals surface area contributed by atoms with Gasteiger partial charge < -0.3 is 9.30 Å². The minimum Gasteiger partial charge on any atom is -0.421 e. The van der Waals surface area contributed by atoms with Crippen LogP contribution in [0.3, 0.4) is 0 Å². The van der Waals surface area contributed by atoms with Gasteiger partial charge in [0.25, 0.3) is 0 Å². The number of nitrogens with zero attached hydrogens (tertiary/aromatic N) is 2. The molecule has 2 heterocycles. The first kappa shape index (κ1) is 17.3. The molecule has 0 N–H and O–H groups in total. The molecule has 4 nitrogen and oxygen atoms in total. The highest BCUT2D eigenvalue weighted by molar-refractivity contribution is 6.06. The number of aromatic nitrogens is 2. The third kappa shape index (κ3) is 3.43. The summed E-state index contributed by atoms with van der Waals surface area (Å²) < 4.78 is 7.90. The lowest BCUT2D eigenvalue weighted by atomic mass is 10.1. The van der Waals surface area contributed by atoms with Gasteiger partial charge in [0.1, 0.15) is 0 Å². The number of unbranched alkanes of at least 4 members (excludes halogenated alkanes) is 2. The summed E-state index contributed by atoms with van der Waals surface area (Å²) in [5.74, 6) is 0.138. The second-order valence-corrected chi connectivity index (χ2v) is 6.71. The van der Waals surface area contributed by atoms with E-state index in [2.05, 4.69) is 22.5 Å². The van der Waals surface area contributed by atoms with Crippen LogP contribution in [-0.4, -0.2) is 15.5 Å². The Morgan fingerprint density at radius 1 is 1.00 bits per heavy atom. The molecule has 0 aliphatic rings. The van der Waals surface area contributed by atoms with Gasteiger partial charge in [0, 0.05) is 40.6 Å². The summed E-state index contributed by atoms with van der Waals surface area (Å²) in [6, 6.07) is 15.8. The molecule has 0 aliphatic carbocycles. The highest BCUT2D eigenvalue weighted by Crippen LogP contribution is 2.27. The lowest BCUT2D eigenvalue weighted by molar-refractivity contribution is 0.0738. The van der Waals surface area contributed by atoms with Gasteiger partial charge in [0.05, 0.1) is 11.8 Å². The van der Waals surface area contributed by atoms with Gasteiger partial charge in [0.15, 0.2) is 5.75 Å². The second-order valence-electron chi connectivity index (χ2n) is 6.71. The van der Waals surface area contributed by atoms with Crippen molar-refractivity contribution >= 4 is 27.6 Å². The van der Waals surface area contributed by atoms with E-state index in [9.17, 15) is 4.79 Å². The van der Waals surface area contributed by atoms with Crippen molar-refractivity contribution in [3.05, 3.63) is 72.7 Å². The fourth-order valence-electron chi connectivity index (χ4n) is 3.45. The number of pyridine rings is 1. The monoisotopic (exact) mass is 358 g/mol. The Hall–Kier alpha value is -3.14. The van der Waals surface area contributed by atoms with E-state index >= 15 is 0 Å². The Bertz CT molecular complexity index is 1090. The highest BCUT2D eigenvalue weighted by atomic mass is 16.5. The molecule has 0 amide bonds. The minimum atomic E-state index is -0.349. The van der Waals surface area contributed by atoms with Gasteiger partial charge in [-0.05, 0) is 12.5 Å². The van der Waals surface area contributed by atoms with Crippen LogP contribution in [0.15, 0.2) is 67.1 Å². The number of esters is 1. The first-order valence-electron chi connectivity index (χ1n) is 9.40. The molecule has 0 bridgehead atoms. The summed E-state index contributed by atoms with van der Waals surface area (Å²) in [6.45, 7) is 3.09. The van der Waals surface area contributed by atoms with Gasteiger partial charge in [-0.3, -0.25) is 4.98 Å². The zero-order valence-electron chi connectivity index (χ0n) is 15.4. The van der Waals surface area contributed by atoms with E-state index in [0.29, 0.717) is 11.3 Å². The maximum absolute atomic E-state index is 13.0. The molecule has 0 atom stereocenters. The summed E-state index contributed by atoms with van der Waals surface area (Å²) in [5, 5.41) is 2.75. The number of benzene rings is 2. The molecule has 27 heavy (non-hydrogen) atoms. The summed E-state index contributed by atoms with van der Waals surface area (Å²) in [5.41, 5.74) is 1.66. The number of rotatable bonds is 6. The van der Waals surface area contributed by atoms with Crippen molar-refractivity contribution in [1.29, 1.82) is 0 Å². The van der Waals surface area contributed by atoms with Gasteiger partial charge in [-0.2, -0.15) is 0 Å². The van der Waals surface area contributed by atoms with E-state index in [4.69, 9.17) is 4.74 Å². The molecular formula is C23H22N2O2. The van der Waals surface area contributed by atoms with Gasteiger partial charge in [-0.25, -0.2) is 4.79 Å². The predicted molar refractivity (Wildman–Crippen MR) is 108 cm³/mol. The number of ether oxygens (including phenoxy) is 1. The van der Waals surface area contributed by atoms with Crippen molar-refractivity contribution in [1.82, 2.24) is 9.55 Å². The van der Waals surface area contributed by atoms with Crippen molar-refractivity contribution in [3.63, 3.8) is 0 Å². The first-order chi connectivity index (χ1) is 13.3. The third-order valence-electron chi connectivity index (χ3n) is 4.85. The molecule has 0 aliphatic heterocycles. The van der Waals surface area contributed by atoms with Crippen LogP contribution in [0.25, 0.3) is 21.7 Å². The molecule has 0 spiro atoms. The van der Waals surface area contributed by atoms with E-state index in [1.165, 1.54) is 12.8 Å². The third-order valence-corrected chi connectivity index (χ3v) is 4.85. The summed E-state index contributed by atoms with van der Waals surface area (Å²) in [4.78, 5) is 17.1. The fraction of sp³-hybridized carbons (Fsp3) is 0.217. The van der Waals surface area contributed by atoms with Crippen LogP contribution in [0.4, 0.5) is 0 Å². The number of para-hydroxylation sites is 1. The molecule has 4 aromatic rings. The number of fused-ring (bicyclic) bond motifs is 2. The molecule has 4 rings (SSSR count). The average molecular weight is 358 g/mol. The summed E-state index contributed by atoms with van der Waals surface area (Å²) in [6.07, 6.45) is 8.72. The van der Waals surface area contributed by atoms with Crippen LogP contribution in [0.5, 0.6) is 5.75 Å². The smallest absolute Gasteiger partial charge is 0.345 e. The van der Waals surface area contributed by atoms with E-state index in [-0.39, 0.29) is 5.97 Å². The normalized spacial score (nSPS) is 11.1. The molecule has 2 aromatic heterocycles. The zero-order chi connectivity index (χ0) is 18.6. The Labute approximate surface area is 158 Å². The number of carbonyl (C=O) groups is 1. The number of hydrogen-bond donors (Lipinski definition) is 0. The van der Waals surface area contributed by atoms with Crippen LogP contribution >= 0.6 is 0 Å².